The van der Waals surface area contributed by atoms with Crippen LogP contribution in [0.1, 0.15) is 16.1 Å². The first kappa shape index (κ1) is 17.7. The second kappa shape index (κ2) is 6.80. The zero-order valence-electron chi connectivity index (χ0n) is 14.3. The maximum atomic E-state index is 13.7. The molecule has 0 unspecified atom stereocenters. The highest BCUT2D eigenvalue weighted by atomic mass is 19.4. The lowest BCUT2D eigenvalue weighted by Gasteiger charge is -2.13. The number of hydrogen-bond donors (Lipinski definition) is 1. The average Bonchev–Trinajstić information content (AvgIpc) is 3.15. The zero-order valence-corrected chi connectivity index (χ0v) is 14.3. The average molecular weight is 382 g/mol. The minimum atomic E-state index is -4.76. The summed E-state index contributed by atoms with van der Waals surface area (Å²) in [4.78, 5) is 16.9. The molecule has 0 fully saturated rings. The molecule has 1 amide bonds. The van der Waals surface area contributed by atoms with Gasteiger partial charge in [-0.2, -0.15) is 18.3 Å². The normalized spacial score (nSPS) is 11.5. The van der Waals surface area contributed by atoms with Gasteiger partial charge in [0.2, 0.25) is 0 Å². The van der Waals surface area contributed by atoms with E-state index in [1.165, 1.54) is 12.1 Å². The summed E-state index contributed by atoms with van der Waals surface area (Å²) in [5.41, 5.74) is -0.484. The number of carbonyl (C=O) groups excluding carboxylic acids is 1. The third-order valence-electron chi connectivity index (χ3n) is 4.18. The van der Waals surface area contributed by atoms with Crippen molar-refractivity contribution in [2.75, 3.05) is 5.32 Å². The highest BCUT2D eigenvalue weighted by Gasteiger charge is 2.40. The van der Waals surface area contributed by atoms with Gasteiger partial charge in [0.25, 0.3) is 5.91 Å². The number of pyridine rings is 1. The lowest BCUT2D eigenvalue weighted by atomic mass is 10.1. The molecule has 1 N–H and O–H groups in total. The highest BCUT2D eigenvalue weighted by Crippen LogP contribution is 2.34. The van der Waals surface area contributed by atoms with E-state index < -0.39 is 23.3 Å². The number of rotatable bonds is 3. The largest absolute Gasteiger partial charge is 0.434 e. The van der Waals surface area contributed by atoms with E-state index in [2.05, 4.69) is 15.4 Å². The van der Waals surface area contributed by atoms with Crippen LogP contribution < -0.4 is 5.32 Å². The predicted octanol–water partition coefficient (Wildman–Crippen LogP) is 4.69. The van der Waals surface area contributed by atoms with Crippen molar-refractivity contribution in [1.82, 2.24) is 14.8 Å². The van der Waals surface area contributed by atoms with Crippen LogP contribution >= 0.6 is 0 Å². The number of amides is 1. The Morgan fingerprint density at radius 3 is 2.50 bits per heavy atom. The number of anilines is 1. The van der Waals surface area contributed by atoms with Crippen molar-refractivity contribution in [3.8, 4) is 5.69 Å². The minimum Gasteiger partial charge on any atom is -0.321 e. The first-order chi connectivity index (χ1) is 13.4. The number of benzene rings is 2. The molecule has 4 aromatic rings. The molecule has 0 aliphatic heterocycles. The molecule has 0 bridgehead atoms. The molecule has 8 heteroatoms. The number of carbonyl (C=O) groups is 1. The minimum absolute atomic E-state index is 0.211. The van der Waals surface area contributed by atoms with Gasteiger partial charge in [-0.05, 0) is 36.4 Å². The fraction of sp³-hybridized carbons (Fsp3) is 0.0500. The van der Waals surface area contributed by atoms with E-state index >= 15 is 0 Å². The third-order valence-corrected chi connectivity index (χ3v) is 4.18. The molecule has 5 nitrogen and oxygen atoms in total. The van der Waals surface area contributed by atoms with Gasteiger partial charge in [0.1, 0.15) is 0 Å². The van der Waals surface area contributed by atoms with Crippen LogP contribution in [0.5, 0.6) is 0 Å². The number of alkyl halides is 3. The monoisotopic (exact) mass is 382 g/mol. The Morgan fingerprint density at radius 2 is 1.75 bits per heavy atom. The Labute approximate surface area is 157 Å². The van der Waals surface area contributed by atoms with Crippen molar-refractivity contribution in [3.05, 3.63) is 84.3 Å². The SMILES string of the molecule is O=C(Nc1cccc2ncccc12)c1cnn(-c2ccccc2)c1C(F)(F)F. The van der Waals surface area contributed by atoms with Crippen LogP contribution in [-0.4, -0.2) is 20.7 Å². The summed E-state index contributed by atoms with van der Waals surface area (Å²) >= 11 is 0. The summed E-state index contributed by atoms with van der Waals surface area (Å²) in [6, 6.07) is 16.3. The fourth-order valence-corrected chi connectivity index (χ4v) is 2.95. The molecule has 28 heavy (non-hydrogen) atoms. The Morgan fingerprint density at radius 1 is 0.964 bits per heavy atom. The summed E-state index contributed by atoms with van der Waals surface area (Å²) in [7, 11) is 0. The van der Waals surface area contributed by atoms with Crippen LogP contribution in [0.3, 0.4) is 0 Å². The van der Waals surface area contributed by atoms with Gasteiger partial charge < -0.3 is 5.32 Å². The van der Waals surface area contributed by atoms with Gasteiger partial charge in [0.15, 0.2) is 5.69 Å². The number of aromatic nitrogens is 3. The summed E-state index contributed by atoms with van der Waals surface area (Å²) in [5.74, 6) is -0.897. The van der Waals surface area contributed by atoms with Gasteiger partial charge in [-0.1, -0.05) is 24.3 Å². The molecule has 4 rings (SSSR count). The van der Waals surface area contributed by atoms with Crippen molar-refractivity contribution in [2.45, 2.75) is 6.18 Å². The second-order valence-electron chi connectivity index (χ2n) is 5.98. The first-order valence-electron chi connectivity index (χ1n) is 8.31. The maximum absolute atomic E-state index is 13.7. The summed E-state index contributed by atoms with van der Waals surface area (Å²) in [6.07, 6.45) is -2.24. The van der Waals surface area contributed by atoms with E-state index in [1.54, 1.807) is 54.7 Å². The van der Waals surface area contributed by atoms with E-state index in [9.17, 15) is 18.0 Å². The summed E-state index contributed by atoms with van der Waals surface area (Å²) < 4.78 is 41.9. The maximum Gasteiger partial charge on any atom is 0.434 e. The molecule has 0 aliphatic carbocycles. The second-order valence-corrected chi connectivity index (χ2v) is 5.98. The van der Waals surface area contributed by atoms with Crippen molar-refractivity contribution < 1.29 is 18.0 Å². The van der Waals surface area contributed by atoms with Crippen LogP contribution in [0.2, 0.25) is 0 Å². The molecule has 2 aromatic carbocycles. The van der Waals surface area contributed by atoms with E-state index in [4.69, 9.17) is 0 Å². The van der Waals surface area contributed by atoms with Crippen LogP contribution in [0.25, 0.3) is 16.6 Å². The van der Waals surface area contributed by atoms with Crippen molar-refractivity contribution in [3.63, 3.8) is 0 Å². The molecule has 0 spiro atoms. The van der Waals surface area contributed by atoms with Crippen LogP contribution in [0.4, 0.5) is 18.9 Å². The molecule has 2 aromatic heterocycles. The number of nitrogens with one attached hydrogen (secondary N) is 1. The van der Waals surface area contributed by atoms with E-state index in [1.807, 2.05) is 0 Å². The van der Waals surface area contributed by atoms with Gasteiger partial charge in [0, 0.05) is 11.6 Å². The molecule has 0 saturated heterocycles. The van der Waals surface area contributed by atoms with E-state index in [-0.39, 0.29) is 5.69 Å². The highest BCUT2D eigenvalue weighted by molar-refractivity contribution is 6.09. The quantitative estimate of drug-likeness (QED) is 0.559. The topological polar surface area (TPSA) is 59.8 Å². The smallest absolute Gasteiger partial charge is 0.321 e. The van der Waals surface area contributed by atoms with Crippen LogP contribution in [0.15, 0.2) is 73.1 Å². The number of fused-ring (bicyclic) bond motifs is 1. The Bertz CT molecular complexity index is 1150. The Balaban J connectivity index is 1.77. The van der Waals surface area contributed by atoms with E-state index in [0.717, 1.165) is 10.9 Å². The van der Waals surface area contributed by atoms with Gasteiger partial charge in [-0.25, -0.2) is 4.68 Å². The first-order valence-corrected chi connectivity index (χ1v) is 8.31. The van der Waals surface area contributed by atoms with E-state index in [0.29, 0.717) is 16.6 Å². The zero-order chi connectivity index (χ0) is 19.7. The van der Waals surface area contributed by atoms with Crippen molar-refractivity contribution in [2.24, 2.45) is 0 Å². The van der Waals surface area contributed by atoms with Gasteiger partial charge >= 0.3 is 6.18 Å². The lowest BCUT2D eigenvalue weighted by Crippen LogP contribution is -2.20. The van der Waals surface area contributed by atoms with Crippen LogP contribution in [0, 0.1) is 0 Å². The molecule has 0 saturated carbocycles. The van der Waals surface area contributed by atoms with Crippen LogP contribution in [-0.2, 0) is 6.18 Å². The van der Waals surface area contributed by atoms with Gasteiger partial charge in [0.05, 0.1) is 28.7 Å². The molecular formula is C20H13F3N4O. The van der Waals surface area contributed by atoms with Gasteiger partial charge in [-0.15, -0.1) is 0 Å². The number of halogens is 3. The molecule has 0 radical (unpaired) electrons. The number of nitrogens with zero attached hydrogens (tertiary/aromatic N) is 3. The molecule has 2 heterocycles. The molecule has 0 atom stereocenters. The third kappa shape index (κ3) is 3.20. The number of para-hydroxylation sites is 1. The molecule has 140 valence electrons. The standard InChI is InChI=1S/C20H13F3N4O/c21-20(22,23)18-15(12-25-27(18)13-6-2-1-3-7-13)19(28)26-17-10-4-9-16-14(17)8-5-11-24-16/h1-12H,(H,26,28). The fourth-order valence-electron chi connectivity index (χ4n) is 2.95. The summed E-state index contributed by atoms with van der Waals surface area (Å²) in [6.45, 7) is 0. The molecular weight excluding hydrogens is 369 g/mol. The Hall–Kier alpha value is -3.68. The Kier molecular flexibility index (Phi) is 4.31. The summed E-state index contributed by atoms with van der Waals surface area (Å²) in [5, 5.41) is 6.97. The predicted molar refractivity (Wildman–Crippen MR) is 98.3 cm³/mol. The molecule has 0 aliphatic rings. The number of hydrogen-bond acceptors (Lipinski definition) is 3. The lowest BCUT2D eigenvalue weighted by molar-refractivity contribution is -0.143. The van der Waals surface area contributed by atoms with Crippen molar-refractivity contribution in [1.29, 1.82) is 0 Å². The van der Waals surface area contributed by atoms with Crippen molar-refractivity contribution >= 4 is 22.5 Å². The van der Waals surface area contributed by atoms with Gasteiger partial charge in [-0.3, -0.25) is 9.78 Å².